The van der Waals surface area contributed by atoms with Crippen LogP contribution >= 0.6 is 0 Å². The average molecular weight is 295 g/mol. The van der Waals surface area contributed by atoms with E-state index < -0.39 is 0 Å². The van der Waals surface area contributed by atoms with E-state index in [1.807, 2.05) is 54.6 Å². The highest BCUT2D eigenvalue weighted by Crippen LogP contribution is 2.13. The summed E-state index contributed by atoms with van der Waals surface area (Å²) in [6.45, 7) is 2.71. The maximum absolute atomic E-state index is 11.7. The van der Waals surface area contributed by atoms with Crippen LogP contribution in [0.1, 0.15) is 19.8 Å². The smallest absolute Gasteiger partial charge is 0.227 e. The van der Waals surface area contributed by atoms with E-state index in [-0.39, 0.29) is 5.91 Å². The van der Waals surface area contributed by atoms with Crippen molar-refractivity contribution in [1.82, 2.24) is 0 Å². The molecule has 22 heavy (non-hydrogen) atoms. The summed E-state index contributed by atoms with van der Waals surface area (Å²) in [7, 11) is 2.13. The summed E-state index contributed by atoms with van der Waals surface area (Å²) in [5.74, 6) is -0.00507. The van der Waals surface area contributed by atoms with Gasteiger partial charge >= 0.3 is 0 Å². The minimum absolute atomic E-state index is 0.00507. The molecule has 1 amide bonds. The summed E-state index contributed by atoms with van der Waals surface area (Å²) in [6.07, 6.45) is 14.2. The molecule has 2 rings (SSSR count). The number of rotatable bonds is 5. The number of anilines is 1. The molecular formula is C19H23N2O+. The molecule has 0 unspecified atom stereocenters. The molecule has 0 aliphatic carbocycles. The second-order valence-corrected chi connectivity index (χ2v) is 5.33. The molecule has 3 heteroatoms. The minimum atomic E-state index is -0.00507. The maximum atomic E-state index is 11.7. The Morgan fingerprint density at radius 3 is 2.50 bits per heavy atom. The lowest BCUT2D eigenvalue weighted by molar-refractivity contribution is -0.487. The van der Waals surface area contributed by atoms with Crippen LogP contribution < -0.4 is 4.90 Å². The van der Waals surface area contributed by atoms with Crippen molar-refractivity contribution in [3.63, 3.8) is 0 Å². The van der Waals surface area contributed by atoms with Crippen LogP contribution in [0.25, 0.3) is 0 Å². The zero-order valence-corrected chi connectivity index (χ0v) is 13.3. The molecule has 3 nitrogen and oxygen atoms in total. The Balaban J connectivity index is 1.95. The van der Waals surface area contributed by atoms with Crippen molar-refractivity contribution in [3.8, 4) is 0 Å². The van der Waals surface area contributed by atoms with Crippen LogP contribution in [-0.2, 0) is 4.79 Å². The van der Waals surface area contributed by atoms with Gasteiger partial charge in [0.2, 0.25) is 5.91 Å². The zero-order chi connectivity index (χ0) is 15.8. The van der Waals surface area contributed by atoms with Crippen molar-refractivity contribution >= 4 is 17.3 Å². The molecule has 0 spiro atoms. The number of carbonyl (C=O) groups excluding carboxylic acids is 1. The fraction of sp³-hybridized carbons (Fsp3) is 0.263. The first-order valence-corrected chi connectivity index (χ1v) is 7.62. The van der Waals surface area contributed by atoms with Gasteiger partial charge in [-0.1, -0.05) is 36.4 Å². The summed E-state index contributed by atoms with van der Waals surface area (Å²) in [6, 6.07) is 9.62. The molecule has 0 atom stereocenters. The summed E-state index contributed by atoms with van der Waals surface area (Å²) in [4.78, 5) is 13.3. The molecule has 0 N–H and O–H groups in total. The average Bonchev–Trinajstić information content (AvgIpc) is 2.92. The minimum Gasteiger partial charge on any atom is -0.288 e. The Morgan fingerprint density at radius 1 is 1.14 bits per heavy atom. The largest absolute Gasteiger partial charge is 0.288 e. The normalized spacial score (nSPS) is 15.5. The lowest BCUT2D eigenvalue weighted by Crippen LogP contribution is -2.21. The van der Waals surface area contributed by atoms with Gasteiger partial charge in [0.05, 0.1) is 0 Å². The molecule has 1 heterocycles. The number of carbonyl (C=O) groups is 1. The van der Waals surface area contributed by atoms with Crippen LogP contribution in [0.15, 0.2) is 66.9 Å². The summed E-state index contributed by atoms with van der Waals surface area (Å²) in [5.41, 5.74) is 2.25. The van der Waals surface area contributed by atoms with Crippen LogP contribution in [0.3, 0.4) is 0 Å². The van der Waals surface area contributed by atoms with Crippen LogP contribution in [0.4, 0.5) is 5.69 Å². The molecule has 114 valence electrons. The molecule has 1 aromatic rings. The standard InChI is InChI=1S/C19H23N2O/c1-17(22)21(19-12-7-5-8-13-19)16-9-4-3-6-11-18-14-10-15-20(18)2/h3-9,11-13,16H,10,14-15H2,1-2H3/q+1. The van der Waals surface area contributed by atoms with E-state index in [9.17, 15) is 4.79 Å². The molecule has 1 aromatic carbocycles. The van der Waals surface area contributed by atoms with Gasteiger partial charge in [-0.3, -0.25) is 9.69 Å². The number of benzene rings is 1. The van der Waals surface area contributed by atoms with Crippen molar-refractivity contribution < 1.29 is 9.37 Å². The van der Waals surface area contributed by atoms with E-state index in [4.69, 9.17) is 0 Å². The lowest BCUT2D eigenvalue weighted by atomic mass is 10.2. The van der Waals surface area contributed by atoms with Crippen molar-refractivity contribution in [3.05, 3.63) is 66.9 Å². The highest BCUT2D eigenvalue weighted by molar-refractivity contribution is 5.93. The van der Waals surface area contributed by atoms with Gasteiger partial charge in [-0.2, -0.15) is 0 Å². The van der Waals surface area contributed by atoms with E-state index >= 15 is 0 Å². The molecule has 0 saturated carbocycles. The molecule has 0 radical (unpaired) electrons. The third kappa shape index (κ3) is 4.55. The van der Waals surface area contributed by atoms with Crippen molar-refractivity contribution in [2.75, 3.05) is 18.5 Å². The topological polar surface area (TPSA) is 23.3 Å². The quantitative estimate of drug-likeness (QED) is 0.602. The molecule has 0 saturated heterocycles. The Kier molecular flexibility index (Phi) is 5.90. The summed E-state index contributed by atoms with van der Waals surface area (Å²) in [5, 5.41) is 0. The van der Waals surface area contributed by atoms with E-state index in [0.717, 1.165) is 18.7 Å². The second-order valence-electron chi connectivity index (χ2n) is 5.33. The molecule has 0 aromatic heterocycles. The summed E-state index contributed by atoms with van der Waals surface area (Å²) >= 11 is 0. The van der Waals surface area contributed by atoms with E-state index in [2.05, 4.69) is 17.7 Å². The maximum Gasteiger partial charge on any atom is 0.227 e. The third-order valence-corrected chi connectivity index (χ3v) is 3.65. The number of hydrogen-bond donors (Lipinski definition) is 0. The Labute approximate surface area is 132 Å². The Hall–Kier alpha value is -2.42. The molecular weight excluding hydrogens is 272 g/mol. The van der Waals surface area contributed by atoms with Crippen LogP contribution in [-0.4, -0.2) is 29.8 Å². The highest BCUT2D eigenvalue weighted by atomic mass is 16.2. The fourth-order valence-corrected chi connectivity index (χ4v) is 2.43. The van der Waals surface area contributed by atoms with Gasteiger partial charge in [-0.05, 0) is 18.2 Å². The van der Waals surface area contributed by atoms with Crippen molar-refractivity contribution in [1.29, 1.82) is 0 Å². The Bertz CT molecular complexity index is 624. The van der Waals surface area contributed by atoms with Gasteiger partial charge in [-0.25, -0.2) is 4.58 Å². The molecule has 0 bridgehead atoms. The first kappa shape index (κ1) is 16.0. The van der Waals surface area contributed by atoms with Crippen LogP contribution in [0.2, 0.25) is 0 Å². The van der Waals surface area contributed by atoms with Crippen LogP contribution in [0, 0.1) is 0 Å². The first-order valence-electron chi connectivity index (χ1n) is 7.62. The SMILES string of the molecule is CC(=O)N(/C=C/C=C/C=C/C1=[N+](C)CCC1)c1ccccc1. The Morgan fingerprint density at radius 2 is 1.86 bits per heavy atom. The third-order valence-electron chi connectivity index (χ3n) is 3.65. The highest BCUT2D eigenvalue weighted by Gasteiger charge is 2.14. The first-order chi connectivity index (χ1) is 10.7. The van der Waals surface area contributed by atoms with Gasteiger partial charge in [0.1, 0.15) is 13.6 Å². The predicted octanol–water partition coefficient (Wildman–Crippen LogP) is 3.54. The molecule has 1 aliphatic heterocycles. The number of para-hydroxylation sites is 1. The number of hydrogen-bond acceptors (Lipinski definition) is 1. The lowest BCUT2D eigenvalue weighted by Gasteiger charge is -2.15. The van der Waals surface area contributed by atoms with Gasteiger partial charge in [0.15, 0.2) is 5.71 Å². The van der Waals surface area contributed by atoms with E-state index in [0.29, 0.717) is 0 Å². The van der Waals surface area contributed by atoms with Gasteiger partial charge < -0.3 is 0 Å². The summed E-state index contributed by atoms with van der Waals surface area (Å²) < 4.78 is 2.28. The monoisotopic (exact) mass is 295 g/mol. The van der Waals surface area contributed by atoms with Crippen molar-refractivity contribution in [2.45, 2.75) is 19.8 Å². The van der Waals surface area contributed by atoms with Crippen molar-refractivity contribution in [2.24, 2.45) is 0 Å². The number of allylic oxidation sites excluding steroid dienone is 5. The van der Waals surface area contributed by atoms with E-state index in [1.165, 1.54) is 12.1 Å². The van der Waals surface area contributed by atoms with Gasteiger partial charge in [0.25, 0.3) is 0 Å². The predicted molar refractivity (Wildman–Crippen MR) is 92.3 cm³/mol. The van der Waals surface area contributed by atoms with Gasteiger partial charge in [0, 0.05) is 37.7 Å². The molecule has 1 aliphatic rings. The zero-order valence-electron chi connectivity index (χ0n) is 13.3. The molecule has 0 fully saturated rings. The number of amides is 1. The number of nitrogens with zero attached hydrogens (tertiary/aromatic N) is 2. The van der Waals surface area contributed by atoms with Gasteiger partial charge in [-0.15, -0.1) is 0 Å². The fourth-order valence-electron chi connectivity index (χ4n) is 2.43. The second kappa shape index (κ2) is 8.13. The van der Waals surface area contributed by atoms with Crippen LogP contribution in [0.5, 0.6) is 0 Å². The van der Waals surface area contributed by atoms with E-state index in [1.54, 1.807) is 18.0 Å².